The normalized spacial score (nSPS) is 18.2. The number of primary amides is 1. The molecule has 0 bridgehead atoms. The summed E-state index contributed by atoms with van der Waals surface area (Å²) in [5.74, 6) is -0.0449. The maximum absolute atomic E-state index is 11.9. The van der Waals surface area contributed by atoms with E-state index < -0.39 is 5.91 Å². The maximum atomic E-state index is 11.9. The monoisotopic (exact) mass is 309 g/mol. The van der Waals surface area contributed by atoms with Crippen LogP contribution in [0.25, 0.3) is 0 Å². The number of carbonyl (C=O) groups is 2. The largest absolute Gasteiger partial charge is 0.366 e. The molecule has 1 aliphatic heterocycles. The lowest BCUT2D eigenvalue weighted by atomic mass is 9.94. The van der Waals surface area contributed by atoms with Crippen LogP contribution in [0.3, 0.4) is 0 Å². The van der Waals surface area contributed by atoms with Crippen LogP contribution in [0.4, 0.5) is 5.69 Å². The zero-order chi connectivity index (χ0) is 15.2. The smallest absolute Gasteiger partial charge is 0.250 e. The summed E-state index contributed by atoms with van der Waals surface area (Å²) < 4.78 is 0. The average Bonchev–Trinajstić information content (AvgIpc) is 2.46. The maximum Gasteiger partial charge on any atom is 0.250 e. The topological polar surface area (TPSA) is 84.2 Å². The number of hydrogen-bond donors (Lipinski definition) is 3. The van der Waals surface area contributed by atoms with Crippen molar-refractivity contribution in [2.75, 3.05) is 18.4 Å². The fraction of sp³-hybridized carbons (Fsp3) is 0.467. The van der Waals surface area contributed by atoms with Crippen LogP contribution in [0.1, 0.15) is 36.0 Å². The number of nitrogens with two attached hydrogens (primary N) is 1. The molecule has 1 saturated heterocycles. The number of carbonyl (C=O) groups excluding carboxylic acids is 2. The van der Waals surface area contributed by atoms with Crippen molar-refractivity contribution in [2.45, 2.75) is 25.7 Å². The Morgan fingerprint density at radius 1 is 1.43 bits per heavy atom. The van der Waals surface area contributed by atoms with Gasteiger partial charge in [-0.25, -0.2) is 0 Å². The van der Waals surface area contributed by atoms with Gasteiger partial charge in [0, 0.05) is 12.1 Å². The zero-order valence-corrected chi connectivity index (χ0v) is 12.6. The van der Waals surface area contributed by atoms with Gasteiger partial charge in [-0.3, -0.25) is 9.59 Å². The van der Waals surface area contributed by atoms with E-state index >= 15 is 0 Å². The molecule has 0 aliphatic carbocycles. The van der Waals surface area contributed by atoms with Crippen LogP contribution in [-0.4, -0.2) is 24.9 Å². The first-order valence-corrected chi connectivity index (χ1v) is 7.54. The third-order valence-corrected chi connectivity index (χ3v) is 4.01. The van der Waals surface area contributed by atoms with Crippen molar-refractivity contribution in [3.8, 4) is 0 Å². The Kier molecular flexibility index (Phi) is 5.59. The minimum atomic E-state index is -0.581. The van der Waals surface area contributed by atoms with Gasteiger partial charge in [-0.1, -0.05) is 11.6 Å². The first-order chi connectivity index (χ1) is 10.1. The van der Waals surface area contributed by atoms with Gasteiger partial charge in [0.15, 0.2) is 0 Å². The van der Waals surface area contributed by atoms with Gasteiger partial charge in [0.05, 0.1) is 10.6 Å². The van der Waals surface area contributed by atoms with Crippen LogP contribution in [0.15, 0.2) is 18.2 Å². The van der Waals surface area contributed by atoms with Crippen molar-refractivity contribution in [3.63, 3.8) is 0 Å². The first-order valence-electron chi connectivity index (χ1n) is 7.16. The summed E-state index contributed by atoms with van der Waals surface area (Å²) in [5.41, 5.74) is 6.01. The van der Waals surface area contributed by atoms with Crippen LogP contribution in [0, 0.1) is 5.92 Å². The highest BCUT2D eigenvalue weighted by atomic mass is 35.5. The number of halogens is 1. The van der Waals surface area contributed by atoms with Crippen molar-refractivity contribution in [2.24, 2.45) is 11.7 Å². The van der Waals surface area contributed by atoms with Crippen molar-refractivity contribution in [1.29, 1.82) is 0 Å². The van der Waals surface area contributed by atoms with Crippen LogP contribution in [-0.2, 0) is 4.79 Å². The second-order valence-corrected chi connectivity index (χ2v) is 5.77. The quantitative estimate of drug-likeness (QED) is 0.779. The number of piperidine rings is 1. The lowest BCUT2D eigenvalue weighted by Crippen LogP contribution is -2.30. The summed E-state index contributed by atoms with van der Waals surface area (Å²) in [5, 5.41) is 6.38. The third kappa shape index (κ3) is 4.72. The number of anilines is 1. The van der Waals surface area contributed by atoms with E-state index in [2.05, 4.69) is 10.6 Å². The molecule has 1 aliphatic rings. The van der Waals surface area contributed by atoms with Gasteiger partial charge in [0.2, 0.25) is 11.8 Å². The van der Waals surface area contributed by atoms with Crippen molar-refractivity contribution in [1.82, 2.24) is 5.32 Å². The van der Waals surface area contributed by atoms with E-state index in [1.165, 1.54) is 18.9 Å². The Labute approximate surface area is 129 Å². The molecular weight excluding hydrogens is 290 g/mol. The summed E-state index contributed by atoms with van der Waals surface area (Å²) in [4.78, 5) is 23.0. The Balaban J connectivity index is 1.84. The Morgan fingerprint density at radius 2 is 2.24 bits per heavy atom. The molecule has 1 aromatic carbocycles. The molecule has 0 saturated carbocycles. The van der Waals surface area contributed by atoms with Gasteiger partial charge in [-0.05, 0) is 56.5 Å². The molecule has 1 fully saturated rings. The summed E-state index contributed by atoms with van der Waals surface area (Å²) in [6.07, 6.45) is 3.73. The van der Waals surface area contributed by atoms with Gasteiger partial charge < -0.3 is 16.4 Å². The van der Waals surface area contributed by atoms with E-state index in [1.807, 2.05) is 0 Å². The second kappa shape index (κ2) is 7.43. The van der Waals surface area contributed by atoms with Gasteiger partial charge in [0.1, 0.15) is 0 Å². The van der Waals surface area contributed by atoms with Crippen molar-refractivity contribution >= 4 is 29.1 Å². The highest BCUT2D eigenvalue weighted by Crippen LogP contribution is 2.21. The molecule has 114 valence electrons. The van der Waals surface area contributed by atoms with Gasteiger partial charge in [-0.2, -0.15) is 0 Å². The van der Waals surface area contributed by atoms with E-state index in [9.17, 15) is 9.59 Å². The summed E-state index contributed by atoms with van der Waals surface area (Å²) in [7, 11) is 0. The molecule has 1 aromatic rings. The molecular formula is C15H20ClN3O2. The van der Waals surface area contributed by atoms with Crippen LogP contribution in [0.5, 0.6) is 0 Å². The predicted molar refractivity (Wildman–Crippen MR) is 83.4 cm³/mol. The molecule has 2 amide bonds. The van der Waals surface area contributed by atoms with E-state index in [1.54, 1.807) is 12.1 Å². The van der Waals surface area contributed by atoms with Crippen molar-refractivity contribution in [3.05, 3.63) is 28.8 Å². The summed E-state index contributed by atoms with van der Waals surface area (Å²) >= 11 is 5.95. The van der Waals surface area contributed by atoms with Crippen LogP contribution < -0.4 is 16.4 Å². The molecule has 5 nitrogen and oxygen atoms in total. The van der Waals surface area contributed by atoms with Gasteiger partial charge >= 0.3 is 0 Å². The van der Waals surface area contributed by atoms with Gasteiger partial charge in [-0.15, -0.1) is 0 Å². The SMILES string of the molecule is NC(=O)c1ccc(NC(=O)CCC2CCCNC2)cc1Cl. The number of rotatable bonds is 5. The van der Waals surface area contributed by atoms with Crippen LogP contribution >= 0.6 is 11.6 Å². The fourth-order valence-corrected chi connectivity index (χ4v) is 2.80. The molecule has 2 rings (SSSR count). The lowest BCUT2D eigenvalue weighted by molar-refractivity contribution is -0.116. The fourth-order valence-electron chi connectivity index (χ4n) is 2.52. The third-order valence-electron chi connectivity index (χ3n) is 3.70. The number of benzene rings is 1. The van der Waals surface area contributed by atoms with E-state index in [-0.39, 0.29) is 16.5 Å². The van der Waals surface area contributed by atoms with Gasteiger partial charge in [0.25, 0.3) is 0 Å². The Hall–Kier alpha value is -1.59. The summed E-state index contributed by atoms with van der Waals surface area (Å²) in [6, 6.07) is 4.69. The first kappa shape index (κ1) is 15.8. The van der Waals surface area contributed by atoms with E-state index in [0.717, 1.165) is 19.5 Å². The zero-order valence-electron chi connectivity index (χ0n) is 11.8. The molecule has 4 N–H and O–H groups in total. The molecule has 1 atom stereocenters. The molecule has 1 heterocycles. The number of amides is 2. The standard InChI is InChI=1S/C15H20ClN3O2/c16-13-8-11(4-5-12(13)15(17)21)19-14(20)6-3-10-2-1-7-18-9-10/h4-5,8,10,18H,1-3,6-7,9H2,(H2,17,21)(H,19,20). The lowest BCUT2D eigenvalue weighted by Gasteiger charge is -2.22. The minimum Gasteiger partial charge on any atom is -0.366 e. The summed E-state index contributed by atoms with van der Waals surface area (Å²) in [6.45, 7) is 2.07. The van der Waals surface area contributed by atoms with E-state index in [0.29, 0.717) is 18.0 Å². The molecule has 1 unspecified atom stereocenters. The molecule has 6 heteroatoms. The van der Waals surface area contributed by atoms with Crippen LogP contribution in [0.2, 0.25) is 5.02 Å². The molecule has 21 heavy (non-hydrogen) atoms. The Morgan fingerprint density at radius 3 is 2.86 bits per heavy atom. The predicted octanol–water partition coefficient (Wildman–Crippen LogP) is 2.16. The van der Waals surface area contributed by atoms with E-state index in [4.69, 9.17) is 17.3 Å². The Bertz CT molecular complexity index is 528. The molecule has 0 aromatic heterocycles. The van der Waals surface area contributed by atoms with Crippen molar-refractivity contribution < 1.29 is 9.59 Å². The number of nitrogens with one attached hydrogen (secondary N) is 2. The highest BCUT2D eigenvalue weighted by Gasteiger charge is 2.15. The molecule has 0 spiro atoms. The second-order valence-electron chi connectivity index (χ2n) is 5.36. The highest BCUT2D eigenvalue weighted by molar-refractivity contribution is 6.34. The number of hydrogen-bond acceptors (Lipinski definition) is 3. The average molecular weight is 310 g/mol. The molecule has 0 radical (unpaired) electrons. The minimum absolute atomic E-state index is 0.0385.